The molecule has 2 aromatic carbocycles. The highest BCUT2D eigenvalue weighted by molar-refractivity contribution is 6.34. The van der Waals surface area contributed by atoms with Crippen LogP contribution in [0.3, 0.4) is 0 Å². The predicted octanol–water partition coefficient (Wildman–Crippen LogP) is 3.53. The summed E-state index contributed by atoms with van der Waals surface area (Å²) >= 11 is 12.5. The highest BCUT2D eigenvalue weighted by atomic mass is 35.5. The summed E-state index contributed by atoms with van der Waals surface area (Å²) in [6.07, 6.45) is 0. The van der Waals surface area contributed by atoms with Gasteiger partial charge in [-0.05, 0) is 47.2 Å². The van der Waals surface area contributed by atoms with E-state index in [0.29, 0.717) is 32.8 Å². The van der Waals surface area contributed by atoms with E-state index in [4.69, 9.17) is 28.9 Å². The van der Waals surface area contributed by atoms with E-state index in [2.05, 4.69) is 15.5 Å². The Bertz CT molecular complexity index is 793. The first-order chi connectivity index (χ1) is 10.1. The number of anilines is 1. The Morgan fingerprint density at radius 2 is 1.90 bits per heavy atom. The molecule has 0 aliphatic rings. The second-order valence-electron chi connectivity index (χ2n) is 4.57. The molecule has 0 bridgehead atoms. The second-order valence-corrected chi connectivity index (χ2v) is 5.39. The van der Waals surface area contributed by atoms with Crippen LogP contribution in [0.4, 0.5) is 5.69 Å². The van der Waals surface area contributed by atoms with E-state index in [0.717, 1.165) is 5.56 Å². The topological polar surface area (TPSA) is 69.6 Å². The van der Waals surface area contributed by atoms with Crippen LogP contribution in [0, 0.1) is 6.92 Å². The first-order valence-corrected chi connectivity index (χ1v) is 6.93. The van der Waals surface area contributed by atoms with Crippen LogP contribution in [0.1, 0.15) is 5.56 Å². The molecule has 5 nitrogen and oxygen atoms in total. The van der Waals surface area contributed by atoms with Crippen LogP contribution < -0.4 is 5.73 Å². The van der Waals surface area contributed by atoms with Crippen LogP contribution in [-0.4, -0.2) is 20.2 Å². The summed E-state index contributed by atoms with van der Waals surface area (Å²) in [5.74, 6) is 0.448. The average molecular weight is 320 g/mol. The van der Waals surface area contributed by atoms with Crippen molar-refractivity contribution in [1.29, 1.82) is 0 Å². The lowest BCUT2D eigenvalue weighted by molar-refractivity contribution is 0.791. The molecular formula is C14H11Cl2N5. The van der Waals surface area contributed by atoms with E-state index < -0.39 is 0 Å². The van der Waals surface area contributed by atoms with Crippen molar-refractivity contribution in [3.63, 3.8) is 0 Å². The number of tetrazole rings is 1. The quantitative estimate of drug-likeness (QED) is 0.733. The van der Waals surface area contributed by atoms with Crippen LogP contribution in [0.15, 0.2) is 36.4 Å². The smallest absolute Gasteiger partial charge is 0.190 e. The van der Waals surface area contributed by atoms with E-state index in [-0.39, 0.29) is 0 Å². The summed E-state index contributed by atoms with van der Waals surface area (Å²) in [5.41, 5.74) is 8.80. The number of aryl methyl sites for hydroxylation is 1. The van der Waals surface area contributed by atoms with Gasteiger partial charge in [0.15, 0.2) is 5.82 Å². The molecule has 1 heterocycles. The van der Waals surface area contributed by atoms with Gasteiger partial charge in [-0.3, -0.25) is 0 Å². The van der Waals surface area contributed by atoms with Crippen molar-refractivity contribution in [2.75, 3.05) is 5.73 Å². The Hall–Kier alpha value is -2.11. The molecule has 0 saturated heterocycles. The summed E-state index contributed by atoms with van der Waals surface area (Å²) in [7, 11) is 0. The Morgan fingerprint density at radius 1 is 1.10 bits per heavy atom. The van der Waals surface area contributed by atoms with Gasteiger partial charge in [-0.15, -0.1) is 5.10 Å². The van der Waals surface area contributed by atoms with Crippen molar-refractivity contribution in [3.8, 4) is 17.1 Å². The highest BCUT2D eigenvalue weighted by Gasteiger charge is 2.18. The highest BCUT2D eigenvalue weighted by Crippen LogP contribution is 2.33. The van der Waals surface area contributed by atoms with Crippen molar-refractivity contribution in [3.05, 3.63) is 52.0 Å². The molecule has 0 fully saturated rings. The number of nitrogen functional groups attached to an aromatic ring is 1. The van der Waals surface area contributed by atoms with Gasteiger partial charge in [0, 0.05) is 5.69 Å². The van der Waals surface area contributed by atoms with Gasteiger partial charge in [-0.25, -0.2) is 0 Å². The van der Waals surface area contributed by atoms with E-state index in [1.165, 1.54) is 4.68 Å². The third kappa shape index (κ3) is 2.46. The number of hydrogen-bond acceptors (Lipinski definition) is 4. The molecule has 3 aromatic rings. The molecular weight excluding hydrogens is 309 g/mol. The number of halogens is 2. The van der Waals surface area contributed by atoms with E-state index >= 15 is 0 Å². The summed E-state index contributed by atoms with van der Waals surface area (Å²) in [6, 6.07) is 10.9. The van der Waals surface area contributed by atoms with E-state index in [9.17, 15) is 0 Å². The minimum Gasteiger partial charge on any atom is -0.398 e. The van der Waals surface area contributed by atoms with E-state index in [1.54, 1.807) is 18.2 Å². The van der Waals surface area contributed by atoms with Crippen molar-refractivity contribution in [1.82, 2.24) is 20.2 Å². The predicted molar refractivity (Wildman–Crippen MR) is 83.8 cm³/mol. The molecule has 0 aliphatic carbocycles. The summed E-state index contributed by atoms with van der Waals surface area (Å²) in [5, 5.41) is 12.8. The fourth-order valence-corrected chi connectivity index (χ4v) is 2.65. The number of nitrogens with two attached hydrogens (primary N) is 1. The summed E-state index contributed by atoms with van der Waals surface area (Å²) < 4.78 is 1.53. The third-order valence-electron chi connectivity index (χ3n) is 3.07. The summed E-state index contributed by atoms with van der Waals surface area (Å²) in [6.45, 7) is 1.96. The van der Waals surface area contributed by atoms with Crippen molar-refractivity contribution in [2.45, 2.75) is 6.92 Å². The second kappa shape index (κ2) is 5.35. The molecule has 0 atom stereocenters. The molecule has 0 spiro atoms. The molecule has 0 unspecified atom stereocenters. The standard InChI is InChI=1S/C14H11Cl2N5/c1-8-5-6-12(10(16)7-8)21-14(18-19-20-21)13-9(15)3-2-4-11(13)17/h2-7H,17H2,1H3. The first kappa shape index (κ1) is 13.9. The number of benzene rings is 2. The van der Waals surface area contributed by atoms with Crippen LogP contribution in [0.25, 0.3) is 17.1 Å². The van der Waals surface area contributed by atoms with Crippen molar-refractivity contribution < 1.29 is 0 Å². The Balaban J connectivity index is 2.22. The first-order valence-electron chi connectivity index (χ1n) is 6.17. The van der Waals surface area contributed by atoms with Gasteiger partial charge in [0.05, 0.1) is 21.3 Å². The number of nitrogens with zero attached hydrogens (tertiary/aromatic N) is 4. The maximum Gasteiger partial charge on any atom is 0.190 e. The zero-order valence-electron chi connectivity index (χ0n) is 11.1. The molecule has 3 rings (SSSR count). The molecule has 21 heavy (non-hydrogen) atoms. The van der Waals surface area contributed by atoms with E-state index in [1.807, 2.05) is 25.1 Å². The van der Waals surface area contributed by atoms with Crippen LogP contribution in [-0.2, 0) is 0 Å². The lowest BCUT2D eigenvalue weighted by Gasteiger charge is -2.10. The fraction of sp³-hybridized carbons (Fsp3) is 0.0714. The SMILES string of the molecule is Cc1ccc(-n2nnnc2-c2c(N)cccc2Cl)c(Cl)c1. The normalized spacial score (nSPS) is 10.8. The molecule has 1 aromatic heterocycles. The van der Waals surface area contributed by atoms with Crippen LogP contribution in [0.2, 0.25) is 10.0 Å². The summed E-state index contributed by atoms with van der Waals surface area (Å²) in [4.78, 5) is 0. The molecule has 7 heteroatoms. The van der Waals surface area contributed by atoms with Crippen LogP contribution >= 0.6 is 23.2 Å². The van der Waals surface area contributed by atoms with Gasteiger partial charge in [0.1, 0.15) is 0 Å². The minimum atomic E-state index is 0.448. The number of rotatable bonds is 2. The number of hydrogen-bond donors (Lipinski definition) is 1. The zero-order valence-corrected chi connectivity index (χ0v) is 12.6. The number of aromatic nitrogens is 4. The fourth-order valence-electron chi connectivity index (χ4n) is 2.07. The lowest BCUT2D eigenvalue weighted by Crippen LogP contribution is -2.03. The molecule has 106 valence electrons. The molecule has 0 radical (unpaired) electrons. The molecule has 0 saturated carbocycles. The molecule has 2 N–H and O–H groups in total. The van der Waals surface area contributed by atoms with Gasteiger partial charge >= 0.3 is 0 Å². The van der Waals surface area contributed by atoms with Crippen molar-refractivity contribution >= 4 is 28.9 Å². The lowest BCUT2D eigenvalue weighted by atomic mass is 10.1. The largest absolute Gasteiger partial charge is 0.398 e. The average Bonchev–Trinajstić information content (AvgIpc) is 2.87. The maximum absolute atomic E-state index is 6.28. The monoisotopic (exact) mass is 319 g/mol. The Kier molecular flexibility index (Phi) is 3.53. The Morgan fingerprint density at radius 3 is 2.62 bits per heavy atom. The maximum atomic E-state index is 6.28. The van der Waals surface area contributed by atoms with Gasteiger partial charge in [0.25, 0.3) is 0 Å². The Labute approximate surface area is 131 Å². The van der Waals surface area contributed by atoms with Gasteiger partial charge in [-0.2, -0.15) is 4.68 Å². The zero-order chi connectivity index (χ0) is 15.0. The molecule has 0 aliphatic heterocycles. The molecule has 0 amide bonds. The van der Waals surface area contributed by atoms with Crippen molar-refractivity contribution in [2.24, 2.45) is 0 Å². The van der Waals surface area contributed by atoms with Gasteiger partial charge in [-0.1, -0.05) is 35.3 Å². The third-order valence-corrected chi connectivity index (χ3v) is 3.69. The van der Waals surface area contributed by atoms with Gasteiger partial charge < -0.3 is 5.73 Å². The van der Waals surface area contributed by atoms with Crippen LogP contribution in [0.5, 0.6) is 0 Å². The minimum absolute atomic E-state index is 0.448. The van der Waals surface area contributed by atoms with Gasteiger partial charge in [0.2, 0.25) is 0 Å².